The smallest absolute Gasteiger partial charge is 0.313 e. The molecule has 0 aliphatic carbocycles. The van der Waals surface area contributed by atoms with E-state index in [1.54, 1.807) is 25.3 Å². The molecule has 2 aliphatic rings. The summed E-state index contributed by atoms with van der Waals surface area (Å²) in [7, 11) is -3.39. The minimum atomic E-state index is -3.39. The van der Waals surface area contributed by atoms with E-state index in [0.717, 1.165) is 0 Å². The Morgan fingerprint density at radius 1 is 1.48 bits per heavy atom. The van der Waals surface area contributed by atoms with Crippen molar-refractivity contribution in [2.45, 2.75) is 6.92 Å². The van der Waals surface area contributed by atoms with Crippen molar-refractivity contribution in [2.24, 2.45) is 11.3 Å². The third-order valence-corrected chi connectivity index (χ3v) is 6.89. The Kier molecular flexibility index (Phi) is 4.02. The SMILES string of the molecule is CCS(=O)(=O)N1C[C@H]2CN(c3ncccc3Cl)C[C@@]2(C(=O)O)C1. The summed E-state index contributed by atoms with van der Waals surface area (Å²) >= 11 is 6.15. The van der Waals surface area contributed by atoms with Crippen LogP contribution in [0.3, 0.4) is 0 Å². The highest BCUT2D eigenvalue weighted by Gasteiger charge is 2.59. The van der Waals surface area contributed by atoms with E-state index in [0.29, 0.717) is 17.4 Å². The van der Waals surface area contributed by atoms with Gasteiger partial charge in [0, 0.05) is 38.3 Å². The summed E-state index contributed by atoms with van der Waals surface area (Å²) in [5.74, 6) is -0.718. The summed E-state index contributed by atoms with van der Waals surface area (Å²) in [6.45, 7) is 2.43. The molecule has 0 unspecified atom stereocenters. The Morgan fingerprint density at radius 3 is 2.78 bits per heavy atom. The fourth-order valence-corrected chi connectivity index (χ4v) is 4.93. The van der Waals surface area contributed by atoms with E-state index < -0.39 is 21.4 Å². The second kappa shape index (κ2) is 5.61. The number of hydrogen-bond acceptors (Lipinski definition) is 5. The van der Waals surface area contributed by atoms with Crippen molar-refractivity contribution in [1.82, 2.24) is 9.29 Å². The first-order chi connectivity index (χ1) is 10.8. The summed E-state index contributed by atoms with van der Waals surface area (Å²) < 4.78 is 25.5. The number of carboxylic acids is 1. The van der Waals surface area contributed by atoms with Crippen molar-refractivity contribution < 1.29 is 18.3 Å². The number of fused-ring (bicyclic) bond motifs is 1. The van der Waals surface area contributed by atoms with Gasteiger partial charge in [-0.3, -0.25) is 4.79 Å². The van der Waals surface area contributed by atoms with E-state index in [9.17, 15) is 18.3 Å². The zero-order chi connectivity index (χ0) is 16.8. The fourth-order valence-electron chi connectivity index (χ4n) is 3.49. The number of halogens is 1. The average Bonchev–Trinajstić information content (AvgIpc) is 3.03. The van der Waals surface area contributed by atoms with E-state index in [-0.39, 0.29) is 31.3 Å². The van der Waals surface area contributed by atoms with Crippen molar-refractivity contribution in [1.29, 1.82) is 0 Å². The fraction of sp³-hybridized carbons (Fsp3) is 0.571. The van der Waals surface area contributed by atoms with Crippen LogP contribution >= 0.6 is 11.6 Å². The highest BCUT2D eigenvalue weighted by molar-refractivity contribution is 7.89. The number of nitrogens with zero attached hydrogens (tertiary/aromatic N) is 3. The van der Waals surface area contributed by atoms with E-state index in [1.807, 2.05) is 4.90 Å². The standard InChI is InChI=1S/C14H18ClN3O4S/c1-2-23(21,22)18-7-10-6-17(8-14(10,9-18)13(19)20)12-11(15)4-3-5-16-12/h3-5,10H,2,6-9H2,1H3,(H,19,20)/t10-,14-/m1/s1. The van der Waals surface area contributed by atoms with Crippen LogP contribution in [0, 0.1) is 11.3 Å². The van der Waals surface area contributed by atoms with Crippen molar-refractivity contribution in [3.8, 4) is 0 Å². The number of aromatic nitrogens is 1. The summed E-state index contributed by atoms with van der Waals surface area (Å²) in [6.07, 6.45) is 1.61. The number of pyridine rings is 1. The maximum atomic E-state index is 12.1. The van der Waals surface area contributed by atoms with E-state index >= 15 is 0 Å². The maximum Gasteiger partial charge on any atom is 0.313 e. The van der Waals surface area contributed by atoms with Crippen LogP contribution in [-0.4, -0.2) is 60.7 Å². The number of hydrogen-bond donors (Lipinski definition) is 1. The van der Waals surface area contributed by atoms with Crippen LogP contribution in [0.4, 0.5) is 5.82 Å². The second-order valence-electron chi connectivity index (χ2n) is 6.04. The van der Waals surface area contributed by atoms with Crippen LogP contribution in [0.25, 0.3) is 0 Å². The molecule has 0 bridgehead atoms. The van der Waals surface area contributed by atoms with Gasteiger partial charge in [0.1, 0.15) is 11.2 Å². The van der Waals surface area contributed by atoms with E-state index in [4.69, 9.17) is 11.6 Å². The summed E-state index contributed by atoms with van der Waals surface area (Å²) in [6, 6.07) is 3.42. The summed E-state index contributed by atoms with van der Waals surface area (Å²) in [5.41, 5.74) is -1.11. The van der Waals surface area contributed by atoms with Gasteiger partial charge in [0.15, 0.2) is 0 Å². The Hall–Kier alpha value is -1.38. The van der Waals surface area contributed by atoms with Gasteiger partial charge in [-0.1, -0.05) is 11.6 Å². The van der Waals surface area contributed by atoms with Crippen LogP contribution in [0.1, 0.15) is 6.92 Å². The molecule has 3 heterocycles. The lowest BCUT2D eigenvalue weighted by Gasteiger charge is -2.25. The molecule has 0 aromatic carbocycles. The van der Waals surface area contributed by atoms with Crippen LogP contribution in [0.15, 0.2) is 18.3 Å². The van der Waals surface area contributed by atoms with Gasteiger partial charge in [0.05, 0.1) is 10.8 Å². The van der Waals surface area contributed by atoms with Gasteiger partial charge in [0.2, 0.25) is 10.0 Å². The van der Waals surface area contributed by atoms with Gasteiger partial charge in [-0.05, 0) is 19.1 Å². The Bertz CT molecular complexity index is 741. The molecule has 1 aromatic heterocycles. The monoisotopic (exact) mass is 359 g/mol. The molecule has 2 atom stereocenters. The van der Waals surface area contributed by atoms with E-state index in [1.165, 1.54) is 4.31 Å². The number of sulfonamides is 1. The number of rotatable bonds is 4. The number of carbonyl (C=O) groups is 1. The van der Waals surface area contributed by atoms with Crippen molar-refractivity contribution in [2.75, 3.05) is 36.8 Å². The van der Waals surface area contributed by atoms with Gasteiger partial charge in [-0.15, -0.1) is 0 Å². The molecule has 23 heavy (non-hydrogen) atoms. The Balaban J connectivity index is 1.91. The molecule has 9 heteroatoms. The molecule has 1 aromatic rings. The molecule has 0 radical (unpaired) electrons. The zero-order valence-corrected chi connectivity index (χ0v) is 14.2. The molecule has 0 saturated carbocycles. The number of aliphatic carboxylic acids is 1. The molecule has 3 rings (SSSR count). The third kappa shape index (κ3) is 2.58. The Morgan fingerprint density at radius 2 is 2.22 bits per heavy atom. The molecule has 0 spiro atoms. The predicted molar refractivity (Wildman–Crippen MR) is 86.1 cm³/mol. The van der Waals surface area contributed by atoms with Crippen LogP contribution in [-0.2, 0) is 14.8 Å². The maximum absolute atomic E-state index is 12.1. The van der Waals surface area contributed by atoms with Crippen LogP contribution < -0.4 is 4.90 Å². The van der Waals surface area contributed by atoms with Gasteiger partial charge in [-0.25, -0.2) is 17.7 Å². The molecule has 2 fully saturated rings. The molecular formula is C14H18ClN3O4S. The molecule has 2 saturated heterocycles. The molecule has 2 aliphatic heterocycles. The summed E-state index contributed by atoms with van der Waals surface area (Å²) in [4.78, 5) is 18.0. The van der Waals surface area contributed by atoms with Gasteiger partial charge in [-0.2, -0.15) is 0 Å². The molecule has 7 nitrogen and oxygen atoms in total. The Labute approximate surface area is 139 Å². The number of anilines is 1. The van der Waals surface area contributed by atoms with Crippen LogP contribution in [0.2, 0.25) is 5.02 Å². The molecule has 126 valence electrons. The second-order valence-corrected chi connectivity index (χ2v) is 8.71. The van der Waals surface area contributed by atoms with Gasteiger partial charge < -0.3 is 10.0 Å². The molecule has 1 N–H and O–H groups in total. The van der Waals surface area contributed by atoms with E-state index in [2.05, 4.69) is 4.98 Å². The lowest BCUT2D eigenvalue weighted by atomic mass is 9.81. The highest BCUT2D eigenvalue weighted by Crippen LogP contribution is 2.45. The third-order valence-electron chi connectivity index (χ3n) is 4.80. The minimum absolute atomic E-state index is 0.00409. The molecular weight excluding hydrogens is 342 g/mol. The van der Waals surface area contributed by atoms with Crippen molar-refractivity contribution in [3.63, 3.8) is 0 Å². The largest absolute Gasteiger partial charge is 0.481 e. The first-order valence-electron chi connectivity index (χ1n) is 7.37. The lowest BCUT2D eigenvalue weighted by Crippen LogP contribution is -2.42. The average molecular weight is 360 g/mol. The topological polar surface area (TPSA) is 90.8 Å². The normalized spacial score (nSPS) is 28.1. The van der Waals surface area contributed by atoms with Crippen molar-refractivity contribution in [3.05, 3.63) is 23.4 Å². The highest BCUT2D eigenvalue weighted by atomic mass is 35.5. The minimum Gasteiger partial charge on any atom is -0.481 e. The lowest BCUT2D eigenvalue weighted by molar-refractivity contribution is -0.148. The molecule has 0 amide bonds. The quantitative estimate of drug-likeness (QED) is 0.859. The summed E-state index contributed by atoms with van der Waals surface area (Å²) in [5, 5.41) is 10.2. The first kappa shape index (κ1) is 16.5. The van der Waals surface area contributed by atoms with Crippen LogP contribution in [0.5, 0.6) is 0 Å². The number of carboxylic acid groups (broad SMARTS) is 1. The van der Waals surface area contributed by atoms with Crippen molar-refractivity contribution >= 4 is 33.4 Å². The predicted octanol–water partition coefficient (Wildman–Crippen LogP) is 0.907. The van der Waals surface area contributed by atoms with Gasteiger partial charge in [0.25, 0.3) is 0 Å². The first-order valence-corrected chi connectivity index (χ1v) is 9.35. The van der Waals surface area contributed by atoms with Gasteiger partial charge >= 0.3 is 5.97 Å². The zero-order valence-electron chi connectivity index (χ0n) is 12.6.